The van der Waals surface area contributed by atoms with Gasteiger partial charge in [0.15, 0.2) is 0 Å². The van der Waals surface area contributed by atoms with Crippen LogP contribution >= 0.6 is 11.6 Å². The molecule has 1 aromatic carbocycles. The molecule has 0 aromatic heterocycles. The average molecular weight is 334 g/mol. The van der Waals surface area contributed by atoms with E-state index < -0.39 is 0 Å². The minimum atomic E-state index is -0.101. The molecule has 0 bridgehead atoms. The topological polar surface area (TPSA) is 53.0 Å². The second kappa shape index (κ2) is 6.71. The molecule has 6 heteroatoms. The zero-order valence-corrected chi connectivity index (χ0v) is 13.9. The summed E-state index contributed by atoms with van der Waals surface area (Å²) in [5.74, 6) is -0.140. The molecule has 0 spiro atoms. The molecular formula is C17H20ClN3O2. The highest BCUT2D eigenvalue weighted by atomic mass is 35.5. The monoisotopic (exact) mass is 333 g/mol. The number of anilines is 1. The maximum absolute atomic E-state index is 12.7. The standard InChI is InChI=1S/C17H20ClN3O2/c1-12-4-2-3-11-20(12)17(23)15-9-10-16(22)21(19-15)14-7-5-13(18)6-8-14/h5-8,12H,2-4,9-11H2,1H3. The van der Waals surface area contributed by atoms with Crippen molar-refractivity contribution in [1.82, 2.24) is 4.90 Å². The molecule has 1 atom stereocenters. The Morgan fingerprint density at radius 2 is 1.96 bits per heavy atom. The summed E-state index contributed by atoms with van der Waals surface area (Å²) in [6.07, 6.45) is 3.93. The predicted octanol–water partition coefficient (Wildman–Crippen LogP) is 3.22. The van der Waals surface area contributed by atoms with Crippen LogP contribution in [0.2, 0.25) is 5.02 Å². The molecule has 122 valence electrons. The van der Waals surface area contributed by atoms with Crippen molar-refractivity contribution in [3.63, 3.8) is 0 Å². The first kappa shape index (κ1) is 16.0. The van der Waals surface area contributed by atoms with E-state index in [2.05, 4.69) is 12.0 Å². The van der Waals surface area contributed by atoms with E-state index in [0.717, 1.165) is 25.8 Å². The van der Waals surface area contributed by atoms with E-state index in [4.69, 9.17) is 11.6 Å². The molecule has 5 nitrogen and oxygen atoms in total. The summed E-state index contributed by atoms with van der Waals surface area (Å²) >= 11 is 5.88. The van der Waals surface area contributed by atoms with Gasteiger partial charge in [-0.05, 0) is 50.5 Å². The highest BCUT2D eigenvalue weighted by Crippen LogP contribution is 2.24. The fourth-order valence-corrected chi connectivity index (χ4v) is 3.18. The zero-order valence-electron chi connectivity index (χ0n) is 13.2. The van der Waals surface area contributed by atoms with E-state index >= 15 is 0 Å². The fourth-order valence-electron chi connectivity index (χ4n) is 3.06. The lowest BCUT2D eigenvalue weighted by Crippen LogP contribution is -2.47. The van der Waals surface area contributed by atoms with Gasteiger partial charge in [0.1, 0.15) is 5.71 Å². The third kappa shape index (κ3) is 3.39. The smallest absolute Gasteiger partial charge is 0.270 e. The number of rotatable bonds is 2. The lowest BCUT2D eigenvalue weighted by atomic mass is 10.0. The van der Waals surface area contributed by atoms with Crippen molar-refractivity contribution in [1.29, 1.82) is 0 Å². The number of hydrogen-bond acceptors (Lipinski definition) is 3. The Labute approximate surface area is 140 Å². The van der Waals surface area contributed by atoms with Gasteiger partial charge in [0.2, 0.25) is 5.91 Å². The van der Waals surface area contributed by atoms with Crippen LogP contribution in [-0.2, 0) is 9.59 Å². The lowest BCUT2D eigenvalue weighted by Gasteiger charge is -2.34. The minimum absolute atomic E-state index is 0.0383. The van der Waals surface area contributed by atoms with Gasteiger partial charge in [0.05, 0.1) is 5.69 Å². The van der Waals surface area contributed by atoms with E-state index in [9.17, 15) is 9.59 Å². The van der Waals surface area contributed by atoms with E-state index in [1.54, 1.807) is 24.3 Å². The average Bonchev–Trinajstić information content (AvgIpc) is 2.56. The molecule has 2 aliphatic rings. The number of hydrogen-bond donors (Lipinski definition) is 0. The van der Waals surface area contributed by atoms with Crippen LogP contribution in [0, 0.1) is 0 Å². The van der Waals surface area contributed by atoms with E-state index in [-0.39, 0.29) is 17.9 Å². The number of likely N-dealkylation sites (tertiary alicyclic amines) is 1. The van der Waals surface area contributed by atoms with Crippen molar-refractivity contribution in [2.75, 3.05) is 11.6 Å². The van der Waals surface area contributed by atoms with Crippen LogP contribution < -0.4 is 5.01 Å². The maximum Gasteiger partial charge on any atom is 0.270 e. The van der Waals surface area contributed by atoms with Crippen LogP contribution in [0.25, 0.3) is 0 Å². The van der Waals surface area contributed by atoms with Gasteiger partial charge >= 0.3 is 0 Å². The van der Waals surface area contributed by atoms with Crippen LogP contribution in [0.1, 0.15) is 39.0 Å². The molecule has 0 radical (unpaired) electrons. The maximum atomic E-state index is 12.7. The summed E-state index contributed by atoms with van der Waals surface area (Å²) in [6, 6.07) is 7.13. The number of nitrogens with zero attached hydrogens (tertiary/aromatic N) is 3. The first-order chi connectivity index (χ1) is 11.1. The summed E-state index contributed by atoms with van der Waals surface area (Å²) in [4.78, 5) is 26.8. The van der Waals surface area contributed by atoms with Crippen LogP contribution in [0.15, 0.2) is 29.4 Å². The molecule has 0 aliphatic carbocycles. The summed E-state index contributed by atoms with van der Waals surface area (Å²) in [7, 11) is 0. The number of hydrazone groups is 1. The molecule has 2 heterocycles. The number of amides is 2. The summed E-state index contributed by atoms with van der Waals surface area (Å²) in [5.41, 5.74) is 1.10. The van der Waals surface area contributed by atoms with Crippen molar-refractivity contribution in [2.45, 2.75) is 45.1 Å². The third-order valence-electron chi connectivity index (χ3n) is 4.41. The fraction of sp³-hybridized carbons (Fsp3) is 0.471. The van der Waals surface area contributed by atoms with Gasteiger partial charge < -0.3 is 4.90 Å². The van der Waals surface area contributed by atoms with Gasteiger partial charge in [-0.3, -0.25) is 9.59 Å². The molecule has 1 unspecified atom stereocenters. The predicted molar refractivity (Wildman–Crippen MR) is 90.6 cm³/mol. The Kier molecular flexibility index (Phi) is 4.66. The SMILES string of the molecule is CC1CCCCN1C(=O)C1=NN(c2ccc(Cl)cc2)C(=O)CC1. The first-order valence-corrected chi connectivity index (χ1v) is 8.41. The van der Waals surface area contributed by atoms with Crippen LogP contribution in [0.4, 0.5) is 5.69 Å². The first-order valence-electron chi connectivity index (χ1n) is 8.03. The molecular weight excluding hydrogens is 314 g/mol. The number of piperidine rings is 1. The molecule has 3 rings (SSSR count). The Balaban J connectivity index is 1.84. The highest BCUT2D eigenvalue weighted by molar-refractivity contribution is 6.40. The summed E-state index contributed by atoms with van der Waals surface area (Å²) in [6.45, 7) is 2.84. The molecule has 2 amide bonds. The van der Waals surface area contributed by atoms with Crippen molar-refractivity contribution < 1.29 is 9.59 Å². The van der Waals surface area contributed by atoms with Crippen LogP contribution in [0.3, 0.4) is 0 Å². The second-order valence-electron chi connectivity index (χ2n) is 6.07. The van der Waals surface area contributed by atoms with E-state index in [1.165, 1.54) is 5.01 Å². The Bertz CT molecular complexity index is 642. The quantitative estimate of drug-likeness (QED) is 0.834. The third-order valence-corrected chi connectivity index (χ3v) is 4.67. The lowest BCUT2D eigenvalue weighted by molar-refractivity contribution is -0.127. The van der Waals surface area contributed by atoms with Crippen molar-refractivity contribution in [3.8, 4) is 0 Å². The largest absolute Gasteiger partial charge is 0.335 e. The van der Waals surface area contributed by atoms with Gasteiger partial charge in [0, 0.05) is 30.5 Å². The molecule has 2 aliphatic heterocycles. The Morgan fingerprint density at radius 3 is 2.65 bits per heavy atom. The Hall–Kier alpha value is -1.88. The van der Waals surface area contributed by atoms with Crippen molar-refractivity contribution in [2.24, 2.45) is 5.10 Å². The molecule has 0 N–H and O–H groups in total. The summed E-state index contributed by atoms with van der Waals surface area (Å²) < 4.78 is 0. The number of carbonyl (C=O) groups excluding carboxylic acids is 2. The number of halogens is 1. The number of carbonyl (C=O) groups is 2. The molecule has 0 saturated carbocycles. The molecule has 1 saturated heterocycles. The second-order valence-corrected chi connectivity index (χ2v) is 6.51. The van der Waals surface area contributed by atoms with Crippen molar-refractivity contribution >= 4 is 34.8 Å². The van der Waals surface area contributed by atoms with Crippen LogP contribution in [0.5, 0.6) is 0 Å². The minimum Gasteiger partial charge on any atom is -0.335 e. The molecule has 1 fully saturated rings. The normalized spacial score (nSPS) is 22.1. The van der Waals surface area contributed by atoms with Crippen molar-refractivity contribution in [3.05, 3.63) is 29.3 Å². The summed E-state index contributed by atoms with van der Waals surface area (Å²) in [5, 5.41) is 6.26. The van der Waals surface area contributed by atoms with Gasteiger partial charge in [-0.15, -0.1) is 0 Å². The van der Waals surface area contributed by atoms with Gasteiger partial charge in [-0.2, -0.15) is 5.10 Å². The highest BCUT2D eigenvalue weighted by Gasteiger charge is 2.31. The Morgan fingerprint density at radius 1 is 1.22 bits per heavy atom. The zero-order chi connectivity index (χ0) is 16.4. The number of benzene rings is 1. The molecule has 23 heavy (non-hydrogen) atoms. The van der Waals surface area contributed by atoms with Gasteiger partial charge in [0.25, 0.3) is 5.91 Å². The van der Waals surface area contributed by atoms with Gasteiger partial charge in [-0.1, -0.05) is 11.6 Å². The molecule has 1 aromatic rings. The van der Waals surface area contributed by atoms with Crippen LogP contribution in [-0.4, -0.2) is 35.0 Å². The van der Waals surface area contributed by atoms with E-state index in [0.29, 0.717) is 29.3 Å². The van der Waals surface area contributed by atoms with E-state index in [1.807, 2.05) is 4.90 Å². The van der Waals surface area contributed by atoms with Gasteiger partial charge in [-0.25, -0.2) is 5.01 Å².